The molecule has 0 bridgehead atoms. The smallest absolute Gasteiger partial charge is 0.345 e. The zero-order valence-corrected chi connectivity index (χ0v) is 33.2. The van der Waals surface area contributed by atoms with Crippen molar-refractivity contribution >= 4 is 47.8 Å². The molecular formula is C46H50O14. The maximum Gasteiger partial charge on any atom is 0.345 e. The number of ether oxygens (including phenoxy) is 4. The van der Waals surface area contributed by atoms with Gasteiger partial charge in [0.05, 0.1) is 22.3 Å². The van der Waals surface area contributed by atoms with Gasteiger partial charge in [0.1, 0.15) is 0 Å². The van der Waals surface area contributed by atoms with Crippen LogP contribution in [0.25, 0.3) is 0 Å². The van der Waals surface area contributed by atoms with Gasteiger partial charge in [0.25, 0.3) is 0 Å². The van der Waals surface area contributed by atoms with Crippen molar-refractivity contribution in [3.05, 3.63) is 144 Å². The number of esters is 8. The molecule has 0 spiro atoms. The lowest BCUT2D eigenvalue weighted by Gasteiger charge is -2.04. The zero-order valence-electron chi connectivity index (χ0n) is 33.2. The van der Waals surface area contributed by atoms with Gasteiger partial charge in [0, 0.05) is 25.7 Å². The first kappa shape index (κ1) is 49.5. The van der Waals surface area contributed by atoms with Gasteiger partial charge in [-0.1, -0.05) is 111 Å². The maximum absolute atomic E-state index is 11.7. The summed E-state index contributed by atoms with van der Waals surface area (Å²) in [7, 11) is 0. The number of hydrogen-bond donors (Lipinski definition) is 2. The van der Waals surface area contributed by atoms with Crippen molar-refractivity contribution in [1.82, 2.24) is 0 Å². The standard InChI is InChI=1S/2C23H24O6.H2O2/c2*24-20(28-22(26)18-12-6-4-7-13-18)16-10-2-1-3-11-17-21(25)29-23(27)19-14-8-5-9-15-19;1-2/h2*4-9,12-15H,1-3,10-11,16-17H2;1-2H. The molecule has 2 N–H and O–H groups in total. The third-order valence-corrected chi connectivity index (χ3v) is 8.39. The van der Waals surface area contributed by atoms with Crippen LogP contribution in [0, 0.1) is 0 Å². The quantitative estimate of drug-likeness (QED) is 0.0212. The molecule has 14 nitrogen and oxygen atoms in total. The van der Waals surface area contributed by atoms with E-state index in [2.05, 4.69) is 0 Å². The Bertz CT molecular complexity index is 1630. The van der Waals surface area contributed by atoms with Crippen LogP contribution in [0.4, 0.5) is 0 Å². The van der Waals surface area contributed by atoms with Crippen molar-refractivity contribution in [1.29, 1.82) is 0 Å². The highest BCUT2D eigenvalue weighted by molar-refractivity contribution is 5.98. The fourth-order valence-corrected chi connectivity index (χ4v) is 5.29. The van der Waals surface area contributed by atoms with Gasteiger partial charge in [-0.25, -0.2) is 19.2 Å². The molecule has 14 heteroatoms. The molecule has 0 saturated heterocycles. The van der Waals surface area contributed by atoms with E-state index in [0.29, 0.717) is 47.9 Å². The van der Waals surface area contributed by atoms with E-state index in [9.17, 15) is 38.4 Å². The van der Waals surface area contributed by atoms with E-state index in [-0.39, 0.29) is 25.7 Å². The number of unbranched alkanes of at least 4 members (excludes halogenated alkanes) is 8. The van der Waals surface area contributed by atoms with Crippen molar-refractivity contribution in [3.8, 4) is 0 Å². The lowest BCUT2D eigenvalue weighted by atomic mass is 10.1. The molecule has 0 aliphatic heterocycles. The van der Waals surface area contributed by atoms with E-state index < -0.39 is 47.8 Å². The van der Waals surface area contributed by atoms with Crippen molar-refractivity contribution in [3.63, 3.8) is 0 Å². The topological polar surface area (TPSA) is 214 Å². The predicted octanol–water partition coefficient (Wildman–Crippen LogP) is 8.99. The number of hydrogen-bond acceptors (Lipinski definition) is 14. The molecule has 0 unspecified atom stereocenters. The lowest BCUT2D eigenvalue weighted by molar-refractivity contribution is -0.176. The summed E-state index contributed by atoms with van der Waals surface area (Å²) in [6.45, 7) is 0. The van der Waals surface area contributed by atoms with Gasteiger partial charge in [-0.05, 0) is 74.2 Å². The second-order valence-corrected chi connectivity index (χ2v) is 13.0. The summed E-state index contributed by atoms with van der Waals surface area (Å²) in [5.41, 5.74) is 1.38. The number of benzene rings is 4. The summed E-state index contributed by atoms with van der Waals surface area (Å²) in [6.07, 6.45) is 7.93. The summed E-state index contributed by atoms with van der Waals surface area (Å²) >= 11 is 0. The van der Waals surface area contributed by atoms with Crippen molar-refractivity contribution in [2.75, 3.05) is 0 Å². The van der Waals surface area contributed by atoms with Gasteiger partial charge in [-0.2, -0.15) is 0 Å². The number of rotatable bonds is 20. The van der Waals surface area contributed by atoms with E-state index in [1.807, 2.05) is 0 Å². The summed E-state index contributed by atoms with van der Waals surface area (Å²) in [6, 6.07) is 33.5. The average molecular weight is 827 g/mol. The van der Waals surface area contributed by atoms with Crippen LogP contribution in [-0.2, 0) is 38.1 Å². The van der Waals surface area contributed by atoms with Gasteiger partial charge >= 0.3 is 47.8 Å². The molecule has 4 aromatic rings. The van der Waals surface area contributed by atoms with Crippen LogP contribution in [0.3, 0.4) is 0 Å². The number of carbonyl (C=O) groups is 8. The SMILES string of the molecule is O=C(CCCCCCCC(=O)OC(=O)c1ccccc1)OC(=O)c1ccccc1.O=C(CCCCCCCC(=O)OC(=O)c1ccccc1)OC(=O)c1ccccc1.OO. The summed E-state index contributed by atoms with van der Waals surface area (Å²) in [5, 5.41) is 12.0. The summed E-state index contributed by atoms with van der Waals surface area (Å²) < 4.78 is 19.2. The molecule has 0 heterocycles. The fourth-order valence-electron chi connectivity index (χ4n) is 5.29. The minimum absolute atomic E-state index is 0.173. The molecule has 0 fully saturated rings. The van der Waals surface area contributed by atoms with Crippen LogP contribution < -0.4 is 0 Å². The first-order valence-electron chi connectivity index (χ1n) is 19.5. The molecule has 0 aliphatic carbocycles. The Kier molecular flexibility index (Phi) is 25.1. The fraction of sp³-hybridized carbons (Fsp3) is 0.304. The zero-order chi connectivity index (χ0) is 43.8. The molecule has 318 valence electrons. The van der Waals surface area contributed by atoms with Crippen molar-refractivity contribution < 1.29 is 67.8 Å². The van der Waals surface area contributed by atoms with Gasteiger partial charge in [-0.15, -0.1) is 0 Å². The Labute approximate surface area is 348 Å². The third-order valence-electron chi connectivity index (χ3n) is 8.39. The average Bonchev–Trinajstić information content (AvgIpc) is 3.27. The first-order valence-corrected chi connectivity index (χ1v) is 19.5. The van der Waals surface area contributed by atoms with Gasteiger partial charge in [-0.3, -0.25) is 29.7 Å². The van der Waals surface area contributed by atoms with Gasteiger partial charge in [0.2, 0.25) is 0 Å². The maximum atomic E-state index is 11.7. The molecule has 0 aromatic heterocycles. The van der Waals surface area contributed by atoms with Crippen molar-refractivity contribution in [2.45, 2.75) is 89.9 Å². The van der Waals surface area contributed by atoms with E-state index in [1.54, 1.807) is 121 Å². The minimum atomic E-state index is -0.640. The van der Waals surface area contributed by atoms with E-state index >= 15 is 0 Å². The van der Waals surface area contributed by atoms with E-state index in [4.69, 9.17) is 29.5 Å². The van der Waals surface area contributed by atoms with Crippen LogP contribution in [-0.4, -0.2) is 58.3 Å². The van der Waals surface area contributed by atoms with Gasteiger partial charge < -0.3 is 18.9 Å². The first-order chi connectivity index (χ1) is 29.1. The second-order valence-electron chi connectivity index (χ2n) is 13.0. The molecule has 0 aliphatic rings. The summed E-state index contributed by atoms with van der Waals surface area (Å²) in [4.78, 5) is 93.8. The largest absolute Gasteiger partial charge is 0.389 e. The third kappa shape index (κ3) is 21.8. The highest BCUT2D eigenvalue weighted by Crippen LogP contribution is 2.12. The number of carbonyl (C=O) groups excluding carboxylic acids is 8. The van der Waals surface area contributed by atoms with Crippen LogP contribution in [0.5, 0.6) is 0 Å². The molecular weight excluding hydrogens is 776 g/mol. The monoisotopic (exact) mass is 826 g/mol. The highest BCUT2D eigenvalue weighted by Gasteiger charge is 2.15. The predicted molar refractivity (Wildman–Crippen MR) is 217 cm³/mol. The Hall–Kier alpha value is -6.64. The van der Waals surface area contributed by atoms with Crippen LogP contribution in [0.2, 0.25) is 0 Å². The molecule has 4 aromatic carbocycles. The normalized spacial score (nSPS) is 9.97. The summed E-state index contributed by atoms with van der Waals surface area (Å²) in [5.74, 6) is -4.72. The highest BCUT2D eigenvalue weighted by atomic mass is 17.0. The molecule has 0 atom stereocenters. The van der Waals surface area contributed by atoms with E-state index in [1.165, 1.54) is 0 Å². The molecule has 0 amide bonds. The minimum Gasteiger partial charge on any atom is -0.389 e. The van der Waals surface area contributed by atoms with Crippen molar-refractivity contribution in [2.24, 2.45) is 0 Å². The molecule has 4 rings (SSSR count). The molecule has 60 heavy (non-hydrogen) atoms. The Morgan fingerprint density at radius 3 is 0.633 bits per heavy atom. The Morgan fingerprint density at radius 1 is 0.283 bits per heavy atom. The van der Waals surface area contributed by atoms with E-state index in [0.717, 1.165) is 38.5 Å². The molecule has 0 saturated carbocycles. The molecule has 0 radical (unpaired) electrons. The lowest BCUT2D eigenvalue weighted by Crippen LogP contribution is -2.12. The Morgan fingerprint density at radius 2 is 0.450 bits per heavy atom. The van der Waals surface area contributed by atoms with Crippen LogP contribution >= 0.6 is 0 Å². The Balaban J connectivity index is 0.000000397. The van der Waals surface area contributed by atoms with Crippen LogP contribution in [0.15, 0.2) is 121 Å². The van der Waals surface area contributed by atoms with Gasteiger partial charge in [0.15, 0.2) is 0 Å². The van der Waals surface area contributed by atoms with Crippen LogP contribution in [0.1, 0.15) is 131 Å². The second kappa shape index (κ2) is 30.4.